The smallest absolute Gasteiger partial charge is 0.330 e. The number of aliphatic hydroxyl groups is 1. The standard InChI is InChI=1S/C22H36N2O6/c1-5-8-11-22(15-28-12-9-6-2)18(29-13-10-7-3)17(25)20(30-22)24-14-16(4)19(26)23-21(24)27/h5,14,17-18,20,25H,1,6-13,15H2,2-4H3,(H,23,26,27)/t17?,18?,20-,22-/m1/s1. The lowest BCUT2D eigenvalue weighted by Gasteiger charge is -2.34. The van der Waals surface area contributed by atoms with Crippen molar-refractivity contribution in [3.63, 3.8) is 0 Å². The zero-order valence-corrected chi connectivity index (χ0v) is 18.4. The second-order valence-electron chi connectivity index (χ2n) is 7.92. The summed E-state index contributed by atoms with van der Waals surface area (Å²) in [5, 5.41) is 11.1. The molecule has 4 atom stereocenters. The van der Waals surface area contributed by atoms with Crippen molar-refractivity contribution in [1.82, 2.24) is 9.55 Å². The highest BCUT2D eigenvalue weighted by molar-refractivity contribution is 5.07. The Morgan fingerprint density at radius 3 is 2.67 bits per heavy atom. The number of aliphatic hydroxyl groups excluding tert-OH is 1. The molecule has 1 aromatic rings. The van der Waals surface area contributed by atoms with Crippen LogP contribution in [0.3, 0.4) is 0 Å². The number of H-pyrrole nitrogens is 1. The van der Waals surface area contributed by atoms with Gasteiger partial charge >= 0.3 is 5.69 Å². The molecule has 0 radical (unpaired) electrons. The van der Waals surface area contributed by atoms with E-state index < -0.39 is 35.3 Å². The fraction of sp³-hybridized carbons (Fsp3) is 0.727. The number of nitrogens with one attached hydrogen (secondary N) is 1. The first-order valence-electron chi connectivity index (χ1n) is 10.9. The van der Waals surface area contributed by atoms with E-state index in [2.05, 4.69) is 25.4 Å². The number of ether oxygens (including phenoxy) is 3. The minimum atomic E-state index is -1.09. The Bertz CT molecular complexity index is 789. The van der Waals surface area contributed by atoms with Crippen molar-refractivity contribution >= 4 is 0 Å². The summed E-state index contributed by atoms with van der Waals surface area (Å²) in [6.07, 6.45) is 5.36. The molecule has 8 heteroatoms. The van der Waals surface area contributed by atoms with Crippen molar-refractivity contribution in [2.75, 3.05) is 19.8 Å². The molecule has 1 saturated heterocycles. The topological polar surface area (TPSA) is 103 Å². The molecule has 1 fully saturated rings. The minimum absolute atomic E-state index is 0.238. The SMILES string of the molecule is C=CCC[C@]1(COCCCC)O[C@@H](n2cc(C)c(=O)[nH]c2=O)C(O)C1OCCCC. The normalized spacial score (nSPS) is 26.2. The van der Waals surface area contributed by atoms with Crippen LogP contribution in [0.5, 0.6) is 0 Å². The van der Waals surface area contributed by atoms with Crippen molar-refractivity contribution in [2.45, 2.75) is 83.3 Å². The highest BCUT2D eigenvalue weighted by atomic mass is 16.6. The van der Waals surface area contributed by atoms with E-state index in [9.17, 15) is 14.7 Å². The number of hydrogen-bond donors (Lipinski definition) is 2. The molecule has 1 aromatic heterocycles. The summed E-state index contributed by atoms with van der Waals surface area (Å²) in [6.45, 7) is 10.8. The molecular weight excluding hydrogens is 388 g/mol. The van der Waals surface area contributed by atoms with E-state index in [4.69, 9.17) is 14.2 Å². The molecule has 2 heterocycles. The summed E-state index contributed by atoms with van der Waals surface area (Å²) >= 11 is 0. The second-order valence-corrected chi connectivity index (χ2v) is 7.92. The fourth-order valence-electron chi connectivity index (χ4n) is 3.67. The predicted octanol–water partition coefficient (Wildman–Crippen LogP) is 2.44. The third-order valence-electron chi connectivity index (χ3n) is 5.45. The average molecular weight is 425 g/mol. The molecule has 0 amide bonds. The Morgan fingerprint density at radius 1 is 1.30 bits per heavy atom. The van der Waals surface area contributed by atoms with E-state index in [1.54, 1.807) is 13.0 Å². The lowest BCUT2D eigenvalue weighted by molar-refractivity contribution is -0.156. The maximum Gasteiger partial charge on any atom is 0.330 e. The van der Waals surface area contributed by atoms with Crippen LogP contribution in [0.2, 0.25) is 0 Å². The first-order chi connectivity index (χ1) is 14.4. The minimum Gasteiger partial charge on any atom is -0.386 e. The van der Waals surface area contributed by atoms with E-state index in [-0.39, 0.29) is 6.61 Å². The van der Waals surface area contributed by atoms with Gasteiger partial charge in [-0.25, -0.2) is 4.79 Å². The molecule has 1 aliphatic rings. The highest BCUT2D eigenvalue weighted by Gasteiger charge is 2.56. The number of aryl methyl sites for hydroxylation is 1. The molecule has 2 unspecified atom stereocenters. The van der Waals surface area contributed by atoms with Gasteiger partial charge in [-0.3, -0.25) is 14.3 Å². The second kappa shape index (κ2) is 11.6. The summed E-state index contributed by atoms with van der Waals surface area (Å²) in [6, 6.07) is 0. The van der Waals surface area contributed by atoms with Gasteiger partial charge < -0.3 is 19.3 Å². The summed E-state index contributed by atoms with van der Waals surface area (Å²) in [4.78, 5) is 26.5. The van der Waals surface area contributed by atoms with Gasteiger partial charge in [0.05, 0.1) is 6.61 Å². The number of aromatic amines is 1. The zero-order valence-electron chi connectivity index (χ0n) is 18.4. The molecular formula is C22H36N2O6. The fourth-order valence-corrected chi connectivity index (χ4v) is 3.67. The quantitative estimate of drug-likeness (QED) is 0.372. The maximum absolute atomic E-state index is 12.4. The number of rotatable bonds is 13. The van der Waals surface area contributed by atoms with Gasteiger partial charge in [0, 0.05) is 25.0 Å². The van der Waals surface area contributed by atoms with Crippen LogP contribution in [0.15, 0.2) is 28.4 Å². The third-order valence-corrected chi connectivity index (χ3v) is 5.45. The number of hydrogen-bond acceptors (Lipinski definition) is 6. The molecule has 0 aliphatic carbocycles. The van der Waals surface area contributed by atoms with E-state index in [1.807, 2.05) is 0 Å². The average Bonchev–Trinajstić information content (AvgIpc) is 2.99. The lowest BCUT2D eigenvalue weighted by atomic mass is 9.90. The van der Waals surface area contributed by atoms with Gasteiger partial charge in [0.1, 0.15) is 17.8 Å². The number of nitrogens with zero attached hydrogens (tertiary/aromatic N) is 1. The Morgan fingerprint density at radius 2 is 2.00 bits per heavy atom. The number of allylic oxidation sites excluding steroid dienone is 1. The van der Waals surface area contributed by atoms with Gasteiger partial charge in [-0.2, -0.15) is 0 Å². The van der Waals surface area contributed by atoms with Gasteiger partial charge in [0.15, 0.2) is 6.23 Å². The van der Waals surface area contributed by atoms with Crippen LogP contribution in [-0.2, 0) is 14.2 Å². The predicted molar refractivity (Wildman–Crippen MR) is 115 cm³/mol. The van der Waals surface area contributed by atoms with Gasteiger partial charge in [0.25, 0.3) is 5.56 Å². The maximum atomic E-state index is 12.4. The van der Waals surface area contributed by atoms with Gasteiger partial charge in [-0.15, -0.1) is 6.58 Å². The van der Waals surface area contributed by atoms with Gasteiger partial charge in [-0.1, -0.05) is 32.8 Å². The molecule has 8 nitrogen and oxygen atoms in total. The van der Waals surface area contributed by atoms with Crippen LogP contribution >= 0.6 is 0 Å². The van der Waals surface area contributed by atoms with E-state index in [1.165, 1.54) is 10.8 Å². The molecule has 30 heavy (non-hydrogen) atoms. The summed E-state index contributed by atoms with van der Waals surface area (Å²) in [5.74, 6) is 0. The Kier molecular flexibility index (Phi) is 9.48. The highest BCUT2D eigenvalue weighted by Crippen LogP contribution is 2.42. The molecule has 0 bridgehead atoms. The van der Waals surface area contributed by atoms with Crippen LogP contribution in [-0.4, -0.2) is 52.3 Å². The molecule has 170 valence electrons. The van der Waals surface area contributed by atoms with Crippen molar-refractivity contribution in [3.05, 3.63) is 45.3 Å². The van der Waals surface area contributed by atoms with Crippen molar-refractivity contribution in [2.24, 2.45) is 0 Å². The number of aromatic nitrogens is 2. The van der Waals surface area contributed by atoms with Crippen LogP contribution in [0.1, 0.15) is 64.2 Å². The van der Waals surface area contributed by atoms with E-state index in [0.29, 0.717) is 31.6 Å². The molecule has 0 saturated carbocycles. The van der Waals surface area contributed by atoms with Crippen molar-refractivity contribution in [3.8, 4) is 0 Å². The zero-order chi connectivity index (χ0) is 22.1. The van der Waals surface area contributed by atoms with Crippen LogP contribution in [0.4, 0.5) is 0 Å². The van der Waals surface area contributed by atoms with Gasteiger partial charge in [0.2, 0.25) is 0 Å². The molecule has 0 aromatic carbocycles. The number of unbranched alkanes of at least 4 members (excludes halogenated alkanes) is 2. The first-order valence-corrected chi connectivity index (χ1v) is 10.9. The van der Waals surface area contributed by atoms with Crippen molar-refractivity contribution in [1.29, 1.82) is 0 Å². The largest absolute Gasteiger partial charge is 0.386 e. The monoisotopic (exact) mass is 424 g/mol. The summed E-state index contributed by atoms with van der Waals surface area (Å²) in [7, 11) is 0. The Hall–Kier alpha value is -1.74. The third kappa shape index (κ3) is 5.69. The van der Waals surface area contributed by atoms with Crippen LogP contribution in [0.25, 0.3) is 0 Å². The summed E-state index contributed by atoms with van der Waals surface area (Å²) in [5.41, 5.74) is -1.66. The van der Waals surface area contributed by atoms with E-state index >= 15 is 0 Å². The van der Waals surface area contributed by atoms with E-state index in [0.717, 1.165) is 25.7 Å². The summed E-state index contributed by atoms with van der Waals surface area (Å²) < 4.78 is 19.6. The van der Waals surface area contributed by atoms with Crippen LogP contribution < -0.4 is 11.2 Å². The Labute approximate surface area is 177 Å². The van der Waals surface area contributed by atoms with Crippen molar-refractivity contribution < 1.29 is 19.3 Å². The first kappa shape index (κ1) is 24.5. The molecule has 1 aliphatic heterocycles. The Balaban J connectivity index is 2.39. The lowest BCUT2D eigenvalue weighted by Crippen LogP contribution is -2.49. The van der Waals surface area contributed by atoms with Gasteiger partial charge in [-0.05, 0) is 32.6 Å². The molecule has 2 N–H and O–H groups in total. The molecule has 0 spiro atoms. The van der Waals surface area contributed by atoms with Crippen LogP contribution in [0, 0.1) is 6.92 Å². The molecule has 2 rings (SSSR count).